The van der Waals surface area contributed by atoms with Crippen LogP contribution in [0.25, 0.3) is 0 Å². The van der Waals surface area contributed by atoms with Gasteiger partial charge in [0.2, 0.25) is 0 Å². The summed E-state index contributed by atoms with van der Waals surface area (Å²) in [6, 6.07) is 0. The molecule has 0 aromatic carbocycles. The van der Waals surface area contributed by atoms with Crippen molar-refractivity contribution in [2.45, 2.75) is 12.7 Å². The maximum Gasteiger partial charge on any atom is 0.433 e. The highest BCUT2D eigenvalue weighted by molar-refractivity contribution is 5.88. The van der Waals surface area contributed by atoms with Crippen LogP contribution in [0.2, 0.25) is 0 Å². The van der Waals surface area contributed by atoms with Gasteiger partial charge >= 0.3 is 12.1 Å². The summed E-state index contributed by atoms with van der Waals surface area (Å²) in [4.78, 5) is 10.5. The molecule has 0 aliphatic carbocycles. The summed E-state index contributed by atoms with van der Waals surface area (Å²) < 4.78 is 38.0. The maximum atomic E-state index is 12.5. The van der Waals surface area contributed by atoms with Crippen LogP contribution >= 0.6 is 0 Å². The lowest BCUT2D eigenvalue weighted by Gasteiger charge is -2.09. The van der Waals surface area contributed by atoms with Crippen molar-refractivity contribution in [1.29, 1.82) is 0 Å². The summed E-state index contributed by atoms with van der Waals surface area (Å²) in [5, 5.41) is 11.9. The van der Waals surface area contributed by atoms with Crippen LogP contribution in [0, 0.1) is 0 Å². The molecule has 0 aliphatic heterocycles. The van der Waals surface area contributed by atoms with Gasteiger partial charge in [-0.15, -0.1) is 6.58 Å². The number of carboxylic acids is 1. The molecule has 7 heteroatoms. The Morgan fingerprint density at radius 3 is 2.67 bits per heavy atom. The molecule has 0 saturated heterocycles. The van der Waals surface area contributed by atoms with E-state index >= 15 is 0 Å². The Labute approximate surface area is 82.6 Å². The van der Waals surface area contributed by atoms with Gasteiger partial charge in [0.1, 0.15) is 5.56 Å². The first-order valence-corrected chi connectivity index (χ1v) is 3.85. The molecular formula is C8H7F3N2O2. The van der Waals surface area contributed by atoms with Crippen LogP contribution in [0.4, 0.5) is 13.2 Å². The van der Waals surface area contributed by atoms with Gasteiger partial charge in [-0.3, -0.25) is 4.68 Å². The average Bonchev–Trinajstić information content (AvgIpc) is 2.47. The van der Waals surface area contributed by atoms with Gasteiger partial charge in [-0.05, 0) is 0 Å². The Morgan fingerprint density at radius 1 is 1.67 bits per heavy atom. The van der Waals surface area contributed by atoms with Crippen molar-refractivity contribution in [3.05, 3.63) is 30.1 Å². The first-order valence-electron chi connectivity index (χ1n) is 3.85. The Morgan fingerprint density at radius 2 is 2.27 bits per heavy atom. The first kappa shape index (κ1) is 11.3. The molecule has 1 heterocycles. The van der Waals surface area contributed by atoms with Gasteiger partial charge in [0.05, 0.1) is 12.7 Å². The zero-order valence-corrected chi connectivity index (χ0v) is 7.45. The zero-order valence-electron chi connectivity index (χ0n) is 7.45. The van der Waals surface area contributed by atoms with Crippen molar-refractivity contribution < 1.29 is 23.1 Å². The summed E-state index contributed by atoms with van der Waals surface area (Å²) in [6.45, 7) is 3.07. The van der Waals surface area contributed by atoms with Crippen LogP contribution in [0.3, 0.4) is 0 Å². The maximum absolute atomic E-state index is 12.5. The summed E-state index contributed by atoms with van der Waals surface area (Å²) in [5.41, 5.74) is -2.13. The first-order chi connectivity index (χ1) is 6.88. The minimum absolute atomic E-state index is 0.192. The van der Waals surface area contributed by atoms with Gasteiger partial charge in [0.25, 0.3) is 0 Å². The normalized spacial score (nSPS) is 11.4. The Bertz CT molecular complexity index is 395. The van der Waals surface area contributed by atoms with Crippen molar-refractivity contribution in [1.82, 2.24) is 9.78 Å². The number of hydrogen-bond acceptors (Lipinski definition) is 2. The van der Waals surface area contributed by atoms with E-state index in [-0.39, 0.29) is 6.54 Å². The smallest absolute Gasteiger partial charge is 0.433 e. The highest BCUT2D eigenvalue weighted by atomic mass is 19.4. The Balaban J connectivity index is 3.32. The highest BCUT2D eigenvalue weighted by Crippen LogP contribution is 2.31. The van der Waals surface area contributed by atoms with Gasteiger partial charge in [-0.1, -0.05) is 6.08 Å². The minimum atomic E-state index is -4.74. The van der Waals surface area contributed by atoms with Crippen molar-refractivity contribution >= 4 is 5.97 Å². The third-order valence-electron chi connectivity index (χ3n) is 1.64. The predicted molar refractivity (Wildman–Crippen MR) is 44.4 cm³/mol. The second kappa shape index (κ2) is 3.76. The average molecular weight is 220 g/mol. The van der Waals surface area contributed by atoms with E-state index in [0.717, 1.165) is 0 Å². The minimum Gasteiger partial charge on any atom is -0.478 e. The lowest BCUT2D eigenvalue weighted by Crippen LogP contribution is -2.17. The molecule has 0 radical (unpaired) electrons. The van der Waals surface area contributed by atoms with E-state index in [2.05, 4.69) is 11.7 Å². The Hall–Kier alpha value is -1.79. The molecule has 1 N–H and O–H groups in total. The lowest BCUT2D eigenvalue weighted by atomic mass is 10.2. The highest BCUT2D eigenvalue weighted by Gasteiger charge is 2.39. The molecule has 0 unspecified atom stereocenters. The number of carboxylic acid groups (broad SMARTS) is 1. The monoisotopic (exact) mass is 220 g/mol. The SMILES string of the molecule is C=CCn1ncc(C(=O)O)c1C(F)(F)F. The molecule has 0 atom stereocenters. The van der Waals surface area contributed by atoms with Crippen LogP contribution in [0.15, 0.2) is 18.9 Å². The number of aromatic carboxylic acids is 1. The van der Waals surface area contributed by atoms with E-state index < -0.39 is 23.4 Å². The molecule has 0 amide bonds. The summed E-state index contributed by atoms with van der Waals surface area (Å²) >= 11 is 0. The summed E-state index contributed by atoms with van der Waals surface area (Å²) in [6.07, 6.45) is -2.87. The van der Waals surface area contributed by atoms with E-state index in [1.807, 2.05) is 0 Å². The molecule has 0 spiro atoms. The number of halogens is 3. The molecule has 1 rings (SSSR count). The fraction of sp³-hybridized carbons (Fsp3) is 0.250. The quantitative estimate of drug-likeness (QED) is 0.790. The predicted octanol–water partition coefficient (Wildman–Crippen LogP) is 1.79. The number of aromatic nitrogens is 2. The number of rotatable bonds is 3. The van der Waals surface area contributed by atoms with Crippen molar-refractivity contribution in [2.75, 3.05) is 0 Å². The summed E-state index contributed by atoms with van der Waals surface area (Å²) in [5.74, 6) is -1.65. The van der Waals surface area contributed by atoms with E-state index in [4.69, 9.17) is 5.11 Å². The molecule has 1 aromatic heterocycles. The number of allylic oxidation sites excluding steroid dienone is 1. The van der Waals surface area contributed by atoms with Gasteiger partial charge < -0.3 is 5.11 Å². The van der Waals surface area contributed by atoms with E-state index in [9.17, 15) is 18.0 Å². The largest absolute Gasteiger partial charge is 0.478 e. The molecule has 0 bridgehead atoms. The van der Waals surface area contributed by atoms with Crippen LogP contribution < -0.4 is 0 Å². The third-order valence-corrected chi connectivity index (χ3v) is 1.64. The van der Waals surface area contributed by atoms with Crippen LogP contribution in [0.1, 0.15) is 16.1 Å². The standard InChI is InChI=1S/C8H7F3N2O2/c1-2-3-13-6(8(9,10)11)5(4-12-13)7(14)15/h2,4H,1,3H2,(H,14,15). The fourth-order valence-electron chi connectivity index (χ4n) is 1.10. The van der Waals surface area contributed by atoms with Gasteiger partial charge in [0.15, 0.2) is 5.69 Å². The van der Waals surface area contributed by atoms with Crippen LogP contribution in [-0.4, -0.2) is 20.9 Å². The van der Waals surface area contributed by atoms with Crippen molar-refractivity contribution in [2.24, 2.45) is 0 Å². The number of hydrogen-bond donors (Lipinski definition) is 1. The second-order valence-corrected chi connectivity index (χ2v) is 2.68. The van der Waals surface area contributed by atoms with Crippen molar-refractivity contribution in [3.63, 3.8) is 0 Å². The topological polar surface area (TPSA) is 55.1 Å². The van der Waals surface area contributed by atoms with Crippen LogP contribution in [0.5, 0.6) is 0 Å². The van der Waals surface area contributed by atoms with Gasteiger partial charge in [-0.2, -0.15) is 18.3 Å². The summed E-state index contributed by atoms with van der Waals surface area (Å²) in [7, 11) is 0. The van der Waals surface area contributed by atoms with E-state index in [0.29, 0.717) is 10.9 Å². The third kappa shape index (κ3) is 2.17. The Kier molecular flexibility index (Phi) is 2.83. The molecule has 0 aliphatic rings. The fourth-order valence-corrected chi connectivity index (χ4v) is 1.10. The zero-order chi connectivity index (χ0) is 11.6. The number of carbonyl (C=O) groups is 1. The molecule has 0 saturated carbocycles. The van der Waals surface area contributed by atoms with E-state index in [1.54, 1.807) is 0 Å². The molecule has 4 nitrogen and oxygen atoms in total. The van der Waals surface area contributed by atoms with Gasteiger partial charge in [0, 0.05) is 0 Å². The lowest BCUT2D eigenvalue weighted by molar-refractivity contribution is -0.144. The second-order valence-electron chi connectivity index (χ2n) is 2.68. The molecule has 1 aromatic rings. The molecule has 0 fully saturated rings. The number of alkyl halides is 3. The van der Waals surface area contributed by atoms with Crippen molar-refractivity contribution in [3.8, 4) is 0 Å². The molecular weight excluding hydrogens is 213 g/mol. The van der Waals surface area contributed by atoms with E-state index in [1.165, 1.54) is 6.08 Å². The van der Waals surface area contributed by atoms with Crippen LogP contribution in [-0.2, 0) is 12.7 Å². The van der Waals surface area contributed by atoms with Gasteiger partial charge in [-0.25, -0.2) is 4.79 Å². The molecule has 15 heavy (non-hydrogen) atoms. The molecule has 82 valence electrons. The number of nitrogens with zero attached hydrogens (tertiary/aromatic N) is 2.